The molecule has 0 atom stereocenters. The van der Waals surface area contributed by atoms with E-state index in [1.807, 2.05) is 30.3 Å². The second-order valence-corrected chi connectivity index (χ2v) is 7.10. The van der Waals surface area contributed by atoms with Crippen LogP contribution in [0.4, 0.5) is 13.2 Å². The average molecular weight is 399 g/mol. The van der Waals surface area contributed by atoms with Gasteiger partial charge in [-0.15, -0.1) is 0 Å². The topological polar surface area (TPSA) is 26.3 Å². The van der Waals surface area contributed by atoms with Crippen molar-refractivity contribution < 1.29 is 22.7 Å². The molecule has 0 saturated carbocycles. The number of hydrogen-bond acceptors (Lipinski definition) is 2. The Morgan fingerprint density at radius 2 is 1.71 bits per heavy atom. The summed E-state index contributed by atoms with van der Waals surface area (Å²) in [6, 6.07) is 14.1. The van der Waals surface area contributed by atoms with Crippen molar-refractivity contribution >= 4 is 31.5 Å². The average Bonchev–Trinajstić information content (AvgIpc) is 2.55. The van der Waals surface area contributed by atoms with Crippen molar-refractivity contribution in [2.24, 2.45) is 0 Å². The number of carbonyl (C=O) groups excluding carboxylic acids is 1. The van der Waals surface area contributed by atoms with Crippen LogP contribution >= 0.6 is 0 Å². The SMILES string of the molecule is CCOC(=O)/C(=C\c1ccc(C(F)(F)F)cc1)[Se]c1ccccc1. The van der Waals surface area contributed by atoms with Crippen LogP contribution in [0.25, 0.3) is 6.08 Å². The molecule has 2 aromatic rings. The summed E-state index contributed by atoms with van der Waals surface area (Å²) >= 11 is -0.295. The van der Waals surface area contributed by atoms with E-state index in [0.717, 1.165) is 16.6 Å². The first-order valence-electron chi connectivity index (χ1n) is 7.19. The molecule has 0 aromatic heterocycles. The quantitative estimate of drug-likeness (QED) is 0.436. The first-order chi connectivity index (χ1) is 11.4. The summed E-state index contributed by atoms with van der Waals surface area (Å²) in [5, 5.41) is 0. The molecular weight excluding hydrogens is 384 g/mol. The van der Waals surface area contributed by atoms with Gasteiger partial charge in [0.15, 0.2) is 0 Å². The van der Waals surface area contributed by atoms with Gasteiger partial charge >= 0.3 is 144 Å². The van der Waals surface area contributed by atoms with E-state index in [1.54, 1.807) is 13.0 Å². The molecule has 0 aliphatic rings. The number of benzene rings is 2. The summed E-state index contributed by atoms with van der Waals surface area (Å²) in [6.45, 7) is 1.96. The number of hydrogen-bond donors (Lipinski definition) is 0. The van der Waals surface area contributed by atoms with Crippen LogP contribution in [0.1, 0.15) is 18.1 Å². The maximum atomic E-state index is 12.6. The first kappa shape index (κ1) is 18.3. The van der Waals surface area contributed by atoms with Gasteiger partial charge in [-0.05, 0) is 0 Å². The summed E-state index contributed by atoms with van der Waals surface area (Å²) in [6.07, 6.45) is -2.79. The molecule has 126 valence electrons. The molecule has 0 heterocycles. The molecule has 0 unspecified atom stereocenters. The van der Waals surface area contributed by atoms with Crippen LogP contribution in [0.5, 0.6) is 0 Å². The third kappa shape index (κ3) is 5.25. The summed E-state index contributed by atoms with van der Waals surface area (Å²) in [5.41, 5.74) is -0.185. The minimum atomic E-state index is -4.37. The Labute approximate surface area is 144 Å². The molecule has 6 heteroatoms. The van der Waals surface area contributed by atoms with Gasteiger partial charge in [-0.3, -0.25) is 0 Å². The summed E-state index contributed by atoms with van der Waals surface area (Å²) in [7, 11) is 0. The number of carbonyl (C=O) groups is 1. The molecule has 0 radical (unpaired) electrons. The van der Waals surface area contributed by atoms with E-state index in [2.05, 4.69) is 0 Å². The van der Waals surface area contributed by atoms with Crippen LogP contribution < -0.4 is 4.46 Å². The first-order valence-corrected chi connectivity index (χ1v) is 8.90. The summed E-state index contributed by atoms with van der Waals surface area (Å²) in [4.78, 5) is 12.1. The summed E-state index contributed by atoms with van der Waals surface area (Å²) < 4.78 is 44.3. The number of alkyl halides is 3. The van der Waals surface area contributed by atoms with E-state index in [-0.39, 0.29) is 21.6 Å². The van der Waals surface area contributed by atoms with E-state index in [1.165, 1.54) is 12.1 Å². The molecule has 0 bridgehead atoms. The van der Waals surface area contributed by atoms with Crippen molar-refractivity contribution in [2.45, 2.75) is 13.1 Å². The molecule has 2 rings (SSSR count). The van der Waals surface area contributed by atoms with Crippen LogP contribution in [0, 0.1) is 0 Å². The van der Waals surface area contributed by atoms with Crippen molar-refractivity contribution in [1.29, 1.82) is 0 Å². The van der Waals surface area contributed by atoms with Crippen molar-refractivity contribution in [3.63, 3.8) is 0 Å². The zero-order valence-electron chi connectivity index (χ0n) is 12.8. The minimum absolute atomic E-state index is 0.244. The predicted molar refractivity (Wildman–Crippen MR) is 87.9 cm³/mol. The Morgan fingerprint density at radius 3 is 2.25 bits per heavy atom. The van der Waals surface area contributed by atoms with Crippen molar-refractivity contribution in [3.8, 4) is 0 Å². The Balaban J connectivity index is 2.28. The van der Waals surface area contributed by atoms with E-state index < -0.39 is 17.7 Å². The molecule has 0 N–H and O–H groups in total. The Morgan fingerprint density at radius 1 is 1.08 bits per heavy atom. The van der Waals surface area contributed by atoms with Gasteiger partial charge in [-0.1, -0.05) is 0 Å². The third-order valence-electron chi connectivity index (χ3n) is 2.98. The monoisotopic (exact) mass is 400 g/mol. The van der Waals surface area contributed by atoms with Gasteiger partial charge < -0.3 is 0 Å². The van der Waals surface area contributed by atoms with Gasteiger partial charge in [-0.25, -0.2) is 0 Å². The van der Waals surface area contributed by atoms with Crippen molar-refractivity contribution in [3.05, 3.63) is 70.2 Å². The zero-order valence-corrected chi connectivity index (χ0v) is 14.6. The molecule has 0 saturated heterocycles. The predicted octanol–water partition coefficient (Wildman–Crippen LogP) is 3.64. The fourth-order valence-corrected chi connectivity index (χ4v) is 3.72. The molecule has 0 aliphatic heterocycles. The molecule has 24 heavy (non-hydrogen) atoms. The van der Waals surface area contributed by atoms with E-state index in [9.17, 15) is 18.0 Å². The molecule has 0 spiro atoms. The fraction of sp³-hybridized carbons (Fsp3) is 0.167. The Kier molecular flexibility index (Phi) is 6.23. The second-order valence-electron chi connectivity index (χ2n) is 4.76. The third-order valence-corrected chi connectivity index (χ3v) is 5.11. The molecule has 0 aliphatic carbocycles. The van der Waals surface area contributed by atoms with Crippen molar-refractivity contribution in [1.82, 2.24) is 0 Å². The Bertz CT molecular complexity index is 707. The number of rotatable bonds is 5. The summed E-state index contributed by atoms with van der Waals surface area (Å²) in [5.74, 6) is -0.443. The van der Waals surface area contributed by atoms with Crippen LogP contribution in [-0.4, -0.2) is 27.5 Å². The van der Waals surface area contributed by atoms with E-state index in [0.29, 0.717) is 10.0 Å². The van der Waals surface area contributed by atoms with Gasteiger partial charge in [0.05, 0.1) is 0 Å². The van der Waals surface area contributed by atoms with Crippen LogP contribution in [0.3, 0.4) is 0 Å². The van der Waals surface area contributed by atoms with Gasteiger partial charge in [-0.2, -0.15) is 0 Å². The van der Waals surface area contributed by atoms with E-state index >= 15 is 0 Å². The zero-order chi connectivity index (χ0) is 17.6. The van der Waals surface area contributed by atoms with Gasteiger partial charge in [0.25, 0.3) is 0 Å². The van der Waals surface area contributed by atoms with Gasteiger partial charge in [0, 0.05) is 0 Å². The normalized spacial score (nSPS) is 12.1. The number of esters is 1. The fourth-order valence-electron chi connectivity index (χ4n) is 1.87. The van der Waals surface area contributed by atoms with Crippen LogP contribution in [0.2, 0.25) is 0 Å². The van der Waals surface area contributed by atoms with Crippen LogP contribution in [-0.2, 0) is 15.7 Å². The van der Waals surface area contributed by atoms with Crippen LogP contribution in [0.15, 0.2) is 59.1 Å². The number of halogens is 3. The standard InChI is InChI=1S/C18H15F3O2Se/c1-2-23-17(22)16(24-15-6-4-3-5-7-15)12-13-8-10-14(11-9-13)18(19,20)21/h3-12H,2H2,1H3/b16-12+. The number of ether oxygens (including phenoxy) is 1. The van der Waals surface area contributed by atoms with Crippen molar-refractivity contribution in [2.75, 3.05) is 6.61 Å². The Hall–Kier alpha value is -2.04. The molecule has 2 aromatic carbocycles. The second kappa shape index (κ2) is 8.17. The van der Waals surface area contributed by atoms with Gasteiger partial charge in [0.2, 0.25) is 0 Å². The molecule has 2 nitrogen and oxygen atoms in total. The molecular formula is C18H15F3O2Se. The molecule has 0 amide bonds. The maximum absolute atomic E-state index is 12.6. The van der Waals surface area contributed by atoms with E-state index in [4.69, 9.17) is 4.74 Å². The molecule has 0 fully saturated rings. The van der Waals surface area contributed by atoms with Gasteiger partial charge in [0.1, 0.15) is 0 Å².